The number of hydrogen-bond acceptors (Lipinski definition) is 9. The van der Waals surface area contributed by atoms with E-state index < -0.39 is 12.0 Å². The Hall–Kier alpha value is -4.56. The van der Waals surface area contributed by atoms with Gasteiger partial charge < -0.3 is 18.9 Å². The second-order valence-corrected chi connectivity index (χ2v) is 11.5. The SMILES string of the molecule is CCOc1ccc([C@@H]2C(C(=O)OC)=CN=c3s/c(=C/c4cc(Cl)cc(Cl)c4OCc4ccc(C#N)cc4)c(=O)n32)cc1OCC. The maximum atomic E-state index is 14.1. The summed E-state index contributed by atoms with van der Waals surface area (Å²) in [7, 11) is 1.28. The van der Waals surface area contributed by atoms with Gasteiger partial charge in [0, 0.05) is 16.8 Å². The van der Waals surface area contributed by atoms with Gasteiger partial charge in [-0.05, 0) is 67.4 Å². The molecule has 3 aromatic carbocycles. The number of carbonyl (C=O) groups excluding carboxylic acids is 1. The first-order chi connectivity index (χ1) is 21.8. The lowest BCUT2D eigenvalue weighted by Crippen LogP contribution is -2.39. The molecule has 5 rings (SSSR count). The number of rotatable bonds is 10. The van der Waals surface area contributed by atoms with Crippen LogP contribution in [0.2, 0.25) is 10.0 Å². The highest BCUT2D eigenvalue weighted by molar-refractivity contribution is 7.07. The fourth-order valence-electron chi connectivity index (χ4n) is 4.80. The number of nitriles is 1. The van der Waals surface area contributed by atoms with Gasteiger partial charge in [-0.2, -0.15) is 5.26 Å². The molecule has 0 amide bonds. The molecule has 0 radical (unpaired) electrons. The molecule has 0 N–H and O–H groups in total. The van der Waals surface area contributed by atoms with Crippen LogP contribution in [0.5, 0.6) is 17.2 Å². The fraction of sp³-hybridized carbons (Fsp3) is 0.212. The molecule has 0 saturated heterocycles. The van der Waals surface area contributed by atoms with Crippen LogP contribution in [0.3, 0.4) is 0 Å². The van der Waals surface area contributed by atoms with Crippen molar-refractivity contribution in [2.45, 2.75) is 26.5 Å². The smallest absolute Gasteiger partial charge is 0.337 e. The Morgan fingerprint density at radius 3 is 2.47 bits per heavy atom. The molecular weight excluding hydrogens is 637 g/mol. The minimum Gasteiger partial charge on any atom is -0.490 e. The topological polar surface area (TPSA) is 112 Å². The van der Waals surface area contributed by atoms with Crippen molar-refractivity contribution in [2.75, 3.05) is 20.3 Å². The number of carbonyl (C=O) groups is 1. The van der Waals surface area contributed by atoms with Crippen molar-refractivity contribution in [2.24, 2.45) is 4.99 Å². The first kappa shape index (κ1) is 31.9. The normalized spacial score (nSPS) is 14.1. The van der Waals surface area contributed by atoms with Gasteiger partial charge in [-0.25, -0.2) is 9.79 Å². The van der Waals surface area contributed by atoms with E-state index in [1.54, 1.807) is 60.7 Å². The molecule has 1 atom stereocenters. The van der Waals surface area contributed by atoms with E-state index in [0.717, 1.165) is 16.9 Å². The van der Waals surface area contributed by atoms with Gasteiger partial charge in [0.25, 0.3) is 5.56 Å². The largest absolute Gasteiger partial charge is 0.490 e. The molecule has 1 aliphatic rings. The second kappa shape index (κ2) is 14.0. The zero-order chi connectivity index (χ0) is 32.1. The van der Waals surface area contributed by atoms with E-state index in [-0.39, 0.29) is 22.8 Å². The van der Waals surface area contributed by atoms with Crippen LogP contribution >= 0.6 is 34.5 Å². The summed E-state index contributed by atoms with van der Waals surface area (Å²) in [6.45, 7) is 4.72. The van der Waals surface area contributed by atoms with Gasteiger partial charge in [-0.15, -0.1) is 0 Å². The summed E-state index contributed by atoms with van der Waals surface area (Å²) in [5, 5.41) is 9.69. The van der Waals surface area contributed by atoms with Crippen LogP contribution in [0.15, 0.2) is 76.2 Å². The van der Waals surface area contributed by atoms with E-state index >= 15 is 0 Å². The van der Waals surface area contributed by atoms with Gasteiger partial charge in [0.05, 0.1) is 53.1 Å². The first-order valence-corrected chi connectivity index (χ1v) is 15.4. The molecule has 12 heteroatoms. The molecular formula is C33H27Cl2N3O6S. The molecule has 0 bridgehead atoms. The Balaban J connectivity index is 1.61. The third-order valence-corrected chi connectivity index (χ3v) is 8.29. The zero-order valence-electron chi connectivity index (χ0n) is 24.5. The fourth-order valence-corrected chi connectivity index (χ4v) is 6.32. The molecule has 1 aliphatic heterocycles. The van der Waals surface area contributed by atoms with Crippen molar-refractivity contribution in [3.8, 4) is 23.3 Å². The summed E-state index contributed by atoms with van der Waals surface area (Å²) >= 11 is 14.1. The van der Waals surface area contributed by atoms with E-state index in [4.69, 9.17) is 47.4 Å². The van der Waals surface area contributed by atoms with Gasteiger partial charge in [-0.1, -0.05) is 52.7 Å². The average molecular weight is 665 g/mol. The number of benzene rings is 3. The maximum absolute atomic E-state index is 14.1. The van der Waals surface area contributed by atoms with E-state index in [2.05, 4.69) is 11.1 Å². The number of ether oxygens (including phenoxy) is 4. The lowest BCUT2D eigenvalue weighted by molar-refractivity contribution is -0.136. The predicted molar refractivity (Wildman–Crippen MR) is 172 cm³/mol. The minimum atomic E-state index is -0.846. The number of hydrogen-bond donors (Lipinski definition) is 0. The van der Waals surface area contributed by atoms with Crippen LogP contribution in [0.25, 0.3) is 6.08 Å². The van der Waals surface area contributed by atoms with Crippen molar-refractivity contribution in [1.29, 1.82) is 5.26 Å². The molecule has 4 aromatic rings. The van der Waals surface area contributed by atoms with Crippen LogP contribution in [-0.2, 0) is 16.1 Å². The quantitative estimate of drug-likeness (QED) is 0.204. The summed E-state index contributed by atoms with van der Waals surface area (Å²) < 4.78 is 24.4. The third-order valence-electron chi connectivity index (χ3n) is 6.80. The predicted octanol–water partition coefficient (Wildman–Crippen LogP) is 5.57. The molecule has 0 unspecified atom stereocenters. The standard InChI is InChI=1S/C33H27Cl2N3O6S/c1-4-42-26-11-10-21(13-27(26)43-5-2)29-24(32(40)41-3)17-37-33-38(29)31(39)28(45-33)14-22-12-23(34)15-25(35)30(22)44-18-20-8-6-19(16-36)7-9-20/h6-15,17,29H,4-5,18H2,1-3H3/b28-14+/t29-/m1/s1. The van der Waals surface area contributed by atoms with Crippen molar-refractivity contribution >= 4 is 46.6 Å². The second-order valence-electron chi connectivity index (χ2n) is 9.65. The van der Waals surface area contributed by atoms with Crippen molar-refractivity contribution in [1.82, 2.24) is 4.57 Å². The van der Waals surface area contributed by atoms with Crippen LogP contribution < -0.4 is 29.1 Å². The molecule has 0 saturated carbocycles. The molecule has 9 nitrogen and oxygen atoms in total. The maximum Gasteiger partial charge on any atom is 0.337 e. The number of nitrogens with zero attached hydrogens (tertiary/aromatic N) is 3. The Kier molecular flexibility index (Phi) is 9.93. The average Bonchev–Trinajstić information content (AvgIpc) is 3.35. The first-order valence-electron chi connectivity index (χ1n) is 13.9. The van der Waals surface area contributed by atoms with Crippen LogP contribution in [0.1, 0.15) is 42.1 Å². The highest BCUT2D eigenvalue weighted by Gasteiger charge is 2.31. The van der Waals surface area contributed by atoms with E-state index in [9.17, 15) is 9.59 Å². The lowest BCUT2D eigenvalue weighted by atomic mass is 9.97. The Labute approximate surface area is 272 Å². The van der Waals surface area contributed by atoms with Gasteiger partial charge >= 0.3 is 5.97 Å². The molecule has 45 heavy (non-hydrogen) atoms. The minimum absolute atomic E-state index is 0.164. The van der Waals surface area contributed by atoms with Crippen LogP contribution in [-0.4, -0.2) is 30.9 Å². The van der Waals surface area contributed by atoms with Crippen molar-refractivity contribution < 1.29 is 23.7 Å². The molecule has 0 fully saturated rings. The monoisotopic (exact) mass is 663 g/mol. The van der Waals surface area contributed by atoms with Crippen molar-refractivity contribution in [3.63, 3.8) is 0 Å². The molecule has 0 aliphatic carbocycles. The van der Waals surface area contributed by atoms with E-state index in [1.165, 1.54) is 17.9 Å². The number of thiazole rings is 1. The Morgan fingerprint density at radius 2 is 1.78 bits per heavy atom. The van der Waals surface area contributed by atoms with Gasteiger partial charge in [-0.3, -0.25) is 9.36 Å². The van der Waals surface area contributed by atoms with Gasteiger partial charge in [0.2, 0.25) is 0 Å². The molecule has 230 valence electrons. The number of esters is 1. The highest BCUT2D eigenvalue weighted by atomic mass is 35.5. The summed E-state index contributed by atoms with van der Waals surface area (Å²) in [6.07, 6.45) is 3.06. The summed E-state index contributed by atoms with van der Waals surface area (Å²) in [5.41, 5.74) is 2.24. The highest BCUT2D eigenvalue weighted by Crippen LogP contribution is 2.36. The van der Waals surface area contributed by atoms with Gasteiger partial charge in [0.15, 0.2) is 16.3 Å². The number of halogens is 2. The Bertz CT molecular complexity index is 2010. The van der Waals surface area contributed by atoms with Crippen LogP contribution in [0, 0.1) is 11.3 Å². The third kappa shape index (κ3) is 6.76. The molecule has 0 spiro atoms. The van der Waals surface area contributed by atoms with E-state index in [0.29, 0.717) is 61.5 Å². The lowest BCUT2D eigenvalue weighted by Gasteiger charge is -2.23. The number of fused-ring (bicyclic) bond motifs is 1. The summed E-state index contributed by atoms with van der Waals surface area (Å²) in [6, 6.07) is 16.7. The van der Waals surface area contributed by atoms with Gasteiger partial charge in [0.1, 0.15) is 12.4 Å². The molecule has 2 heterocycles. The van der Waals surface area contributed by atoms with Crippen LogP contribution in [0.4, 0.5) is 0 Å². The number of aromatic nitrogens is 1. The summed E-state index contributed by atoms with van der Waals surface area (Å²) in [4.78, 5) is 31.8. The molecule has 1 aromatic heterocycles. The number of methoxy groups -OCH3 is 1. The van der Waals surface area contributed by atoms with Crippen molar-refractivity contribution in [3.05, 3.63) is 118 Å². The Morgan fingerprint density at radius 1 is 1.04 bits per heavy atom. The summed E-state index contributed by atoms with van der Waals surface area (Å²) in [5.74, 6) is 0.740. The van der Waals surface area contributed by atoms with E-state index in [1.807, 2.05) is 13.8 Å². The zero-order valence-corrected chi connectivity index (χ0v) is 26.8.